The van der Waals surface area contributed by atoms with Crippen LogP contribution in [0.3, 0.4) is 0 Å². The van der Waals surface area contributed by atoms with E-state index in [0.717, 1.165) is 5.56 Å². The number of aromatic nitrogens is 1. The molecule has 0 bridgehead atoms. The van der Waals surface area contributed by atoms with Crippen LogP contribution >= 0.6 is 11.6 Å². The molecule has 3 rings (SSSR count). The van der Waals surface area contributed by atoms with Crippen LogP contribution in [0.5, 0.6) is 0 Å². The van der Waals surface area contributed by atoms with Gasteiger partial charge in [-0.3, -0.25) is 0 Å². The first-order valence-corrected chi connectivity index (χ1v) is 5.69. The molecule has 0 aliphatic heterocycles. The molecule has 0 aliphatic carbocycles. The van der Waals surface area contributed by atoms with Gasteiger partial charge in [0.1, 0.15) is 0 Å². The van der Waals surface area contributed by atoms with Crippen molar-refractivity contribution in [1.82, 2.24) is 5.16 Å². The van der Waals surface area contributed by atoms with Gasteiger partial charge in [0.2, 0.25) is 5.88 Å². The monoisotopic (exact) mass is 260 g/mol. The SMILES string of the molecule is Nc1onc(-c2ccco2)c1-c1ccccc1Cl. The summed E-state index contributed by atoms with van der Waals surface area (Å²) in [5.41, 5.74) is 7.78. The maximum absolute atomic E-state index is 6.17. The van der Waals surface area contributed by atoms with Crippen LogP contribution in [0.1, 0.15) is 0 Å². The van der Waals surface area contributed by atoms with Crippen LogP contribution in [0.4, 0.5) is 5.88 Å². The quantitative estimate of drug-likeness (QED) is 0.760. The number of nitrogens with two attached hydrogens (primary N) is 1. The molecule has 3 aromatic rings. The van der Waals surface area contributed by atoms with Crippen molar-refractivity contribution in [3.8, 4) is 22.6 Å². The molecule has 2 heterocycles. The van der Waals surface area contributed by atoms with Gasteiger partial charge in [0.25, 0.3) is 0 Å². The van der Waals surface area contributed by atoms with E-state index in [-0.39, 0.29) is 5.88 Å². The van der Waals surface area contributed by atoms with E-state index in [0.29, 0.717) is 22.0 Å². The van der Waals surface area contributed by atoms with Gasteiger partial charge in [-0.15, -0.1) is 0 Å². The highest BCUT2D eigenvalue weighted by atomic mass is 35.5. The molecule has 0 saturated carbocycles. The van der Waals surface area contributed by atoms with Crippen molar-refractivity contribution in [1.29, 1.82) is 0 Å². The number of hydrogen-bond donors (Lipinski definition) is 1. The Balaban J connectivity index is 2.24. The number of rotatable bonds is 2. The molecule has 0 amide bonds. The molecule has 0 radical (unpaired) electrons. The third-order valence-corrected chi connectivity index (χ3v) is 2.95. The Hall–Kier alpha value is -2.20. The second kappa shape index (κ2) is 4.23. The molecule has 90 valence electrons. The molecular weight excluding hydrogens is 252 g/mol. The zero-order valence-corrected chi connectivity index (χ0v) is 10.0. The molecule has 18 heavy (non-hydrogen) atoms. The lowest BCUT2D eigenvalue weighted by molar-refractivity contribution is 0.436. The van der Waals surface area contributed by atoms with Crippen molar-refractivity contribution in [2.24, 2.45) is 0 Å². The molecule has 0 aliphatic rings. The predicted octanol–water partition coefficient (Wildman–Crippen LogP) is 3.84. The van der Waals surface area contributed by atoms with Gasteiger partial charge in [-0.1, -0.05) is 35.0 Å². The Morgan fingerprint density at radius 3 is 2.67 bits per heavy atom. The summed E-state index contributed by atoms with van der Waals surface area (Å²) in [6.07, 6.45) is 1.57. The minimum absolute atomic E-state index is 0.217. The van der Waals surface area contributed by atoms with Crippen molar-refractivity contribution < 1.29 is 8.94 Å². The average Bonchev–Trinajstić information content (AvgIpc) is 2.99. The molecule has 0 unspecified atom stereocenters. The lowest BCUT2D eigenvalue weighted by atomic mass is 10.0. The fourth-order valence-electron chi connectivity index (χ4n) is 1.81. The number of nitrogen functional groups attached to an aromatic ring is 1. The minimum Gasteiger partial charge on any atom is -0.463 e. The highest BCUT2D eigenvalue weighted by Gasteiger charge is 2.20. The highest BCUT2D eigenvalue weighted by molar-refractivity contribution is 6.33. The average molecular weight is 261 g/mol. The van der Waals surface area contributed by atoms with Crippen molar-refractivity contribution >= 4 is 17.5 Å². The van der Waals surface area contributed by atoms with Gasteiger partial charge in [-0.05, 0) is 18.2 Å². The largest absolute Gasteiger partial charge is 0.463 e. The van der Waals surface area contributed by atoms with Gasteiger partial charge in [0.15, 0.2) is 11.5 Å². The molecule has 0 fully saturated rings. The molecular formula is C13H9ClN2O2. The molecule has 0 saturated heterocycles. The van der Waals surface area contributed by atoms with E-state index in [9.17, 15) is 0 Å². The Bertz CT molecular complexity index is 674. The molecule has 5 heteroatoms. The number of hydrogen-bond acceptors (Lipinski definition) is 4. The lowest BCUT2D eigenvalue weighted by Crippen LogP contribution is -1.87. The van der Waals surface area contributed by atoms with E-state index in [1.165, 1.54) is 0 Å². The van der Waals surface area contributed by atoms with Gasteiger partial charge < -0.3 is 14.7 Å². The van der Waals surface area contributed by atoms with Crippen molar-refractivity contribution in [3.63, 3.8) is 0 Å². The first-order chi connectivity index (χ1) is 8.77. The van der Waals surface area contributed by atoms with Crippen LogP contribution in [-0.4, -0.2) is 5.16 Å². The summed E-state index contributed by atoms with van der Waals surface area (Å²) in [5, 5.41) is 4.51. The number of halogens is 1. The standard InChI is InChI=1S/C13H9ClN2O2/c14-9-5-2-1-4-8(9)11-12(16-18-13(11)15)10-6-3-7-17-10/h1-7H,15H2. The number of anilines is 1. The van der Waals surface area contributed by atoms with Crippen LogP contribution in [0.2, 0.25) is 5.02 Å². The maximum Gasteiger partial charge on any atom is 0.230 e. The van der Waals surface area contributed by atoms with Gasteiger partial charge in [-0.25, -0.2) is 0 Å². The molecule has 0 atom stereocenters. The summed E-state index contributed by atoms with van der Waals surface area (Å²) < 4.78 is 10.4. The summed E-state index contributed by atoms with van der Waals surface area (Å²) in [7, 11) is 0. The predicted molar refractivity (Wildman–Crippen MR) is 69.1 cm³/mol. The first kappa shape index (κ1) is 10.9. The summed E-state index contributed by atoms with van der Waals surface area (Å²) in [6, 6.07) is 10.9. The summed E-state index contributed by atoms with van der Waals surface area (Å²) >= 11 is 6.17. The normalized spacial score (nSPS) is 10.7. The van der Waals surface area contributed by atoms with Crippen LogP contribution in [0.25, 0.3) is 22.6 Å². The van der Waals surface area contributed by atoms with E-state index >= 15 is 0 Å². The zero-order chi connectivity index (χ0) is 12.5. The number of nitrogens with zero attached hydrogens (tertiary/aromatic N) is 1. The number of furan rings is 1. The summed E-state index contributed by atoms with van der Waals surface area (Å²) in [5.74, 6) is 0.805. The Kier molecular flexibility index (Phi) is 2.57. The summed E-state index contributed by atoms with van der Waals surface area (Å²) in [4.78, 5) is 0. The van der Waals surface area contributed by atoms with E-state index < -0.39 is 0 Å². The van der Waals surface area contributed by atoms with Crippen molar-refractivity contribution in [2.75, 3.05) is 5.73 Å². The van der Waals surface area contributed by atoms with Gasteiger partial charge in [0.05, 0.1) is 11.8 Å². The zero-order valence-electron chi connectivity index (χ0n) is 9.26. The van der Waals surface area contributed by atoms with Crippen LogP contribution in [-0.2, 0) is 0 Å². The Morgan fingerprint density at radius 2 is 1.94 bits per heavy atom. The number of benzene rings is 1. The fourth-order valence-corrected chi connectivity index (χ4v) is 2.04. The lowest BCUT2D eigenvalue weighted by Gasteiger charge is -2.03. The van der Waals surface area contributed by atoms with Crippen LogP contribution in [0, 0.1) is 0 Å². The second-order valence-corrected chi connectivity index (χ2v) is 4.13. The molecule has 0 spiro atoms. The van der Waals surface area contributed by atoms with Crippen molar-refractivity contribution in [3.05, 3.63) is 47.7 Å². The Morgan fingerprint density at radius 1 is 1.11 bits per heavy atom. The minimum atomic E-state index is 0.217. The highest BCUT2D eigenvalue weighted by Crippen LogP contribution is 2.39. The molecule has 2 N–H and O–H groups in total. The summed E-state index contributed by atoms with van der Waals surface area (Å²) in [6.45, 7) is 0. The van der Waals surface area contributed by atoms with Crippen LogP contribution < -0.4 is 5.73 Å². The smallest absolute Gasteiger partial charge is 0.230 e. The second-order valence-electron chi connectivity index (χ2n) is 3.73. The van der Waals surface area contributed by atoms with Gasteiger partial charge in [0, 0.05) is 10.6 Å². The van der Waals surface area contributed by atoms with E-state index in [4.69, 9.17) is 26.3 Å². The third-order valence-electron chi connectivity index (χ3n) is 2.62. The topological polar surface area (TPSA) is 65.2 Å². The molecule has 1 aromatic carbocycles. The Labute approximate surface area is 108 Å². The van der Waals surface area contributed by atoms with Crippen LogP contribution in [0.15, 0.2) is 51.6 Å². The maximum atomic E-state index is 6.17. The third kappa shape index (κ3) is 1.67. The first-order valence-electron chi connectivity index (χ1n) is 5.31. The van der Waals surface area contributed by atoms with E-state index in [2.05, 4.69) is 5.16 Å². The van der Waals surface area contributed by atoms with Gasteiger partial charge >= 0.3 is 0 Å². The van der Waals surface area contributed by atoms with E-state index in [1.54, 1.807) is 24.5 Å². The van der Waals surface area contributed by atoms with Gasteiger partial charge in [-0.2, -0.15) is 0 Å². The molecule has 2 aromatic heterocycles. The fraction of sp³-hybridized carbons (Fsp3) is 0. The van der Waals surface area contributed by atoms with Crippen molar-refractivity contribution in [2.45, 2.75) is 0 Å². The molecule has 4 nitrogen and oxygen atoms in total. The van der Waals surface area contributed by atoms with E-state index in [1.807, 2.05) is 18.2 Å².